The summed E-state index contributed by atoms with van der Waals surface area (Å²) in [6.07, 6.45) is 1.30. The van der Waals surface area contributed by atoms with Crippen LogP contribution < -0.4 is 0 Å². The molecule has 0 aliphatic carbocycles. The summed E-state index contributed by atoms with van der Waals surface area (Å²) in [6, 6.07) is 28.0. The molecule has 0 heterocycles. The van der Waals surface area contributed by atoms with Crippen LogP contribution in [0.5, 0.6) is 0 Å². The summed E-state index contributed by atoms with van der Waals surface area (Å²) < 4.78 is 48.5. The van der Waals surface area contributed by atoms with E-state index in [1.807, 2.05) is 66.7 Å². The van der Waals surface area contributed by atoms with Gasteiger partial charge in [0.2, 0.25) is 0 Å². The van der Waals surface area contributed by atoms with Crippen LogP contribution in [0.3, 0.4) is 0 Å². The molecule has 0 N–H and O–H groups in total. The number of nitrogens with zero attached hydrogens (tertiary/aromatic N) is 1. The van der Waals surface area contributed by atoms with Crippen molar-refractivity contribution in [2.24, 2.45) is 4.36 Å². The van der Waals surface area contributed by atoms with E-state index < -0.39 is 25.4 Å². The molecule has 0 fully saturated rings. The zero-order valence-corrected chi connectivity index (χ0v) is 19.3. The summed E-state index contributed by atoms with van der Waals surface area (Å²) in [5.74, 6) is -0.0567. The molecule has 1 unspecified atom stereocenters. The fourth-order valence-electron chi connectivity index (χ4n) is 3.51. The third kappa shape index (κ3) is 7.02. The molecule has 0 bridgehead atoms. The van der Waals surface area contributed by atoms with Crippen LogP contribution in [0.15, 0.2) is 100 Å². The molecule has 0 aromatic heterocycles. The maximum Gasteiger partial charge on any atom is 0.264 e. The van der Waals surface area contributed by atoms with Crippen molar-refractivity contribution in [2.45, 2.75) is 30.4 Å². The Kier molecular flexibility index (Phi) is 7.30. The van der Waals surface area contributed by atoms with Gasteiger partial charge in [-0.3, -0.25) is 4.18 Å². The Labute approximate surface area is 185 Å². The fourth-order valence-corrected chi connectivity index (χ4v) is 6.77. The standard InChI is InChI=1S/C24H27NO4S2/c1-24(29-30(2,26)27,18-21-12-6-3-7-13-21)20-31(28,23-16-10-5-11-17-23)25-19-22-14-8-4-9-15-22/h3-17H,18-20H2,1-2H3/t24?,31-/m0/s1. The Morgan fingerprint density at radius 1 is 0.774 bits per heavy atom. The highest BCUT2D eigenvalue weighted by atomic mass is 32.2. The predicted molar refractivity (Wildman–Crippen MR) is 125 cm³/mol. The van der Waals surface area contributed by atoms with Crippen LogP contribution in [0.4, 0.5) is 0 Å². The molecule has 2 atom stereocenters. The lowest BCUT2D eigenvalue weighted by molar-refractivity contribution is 0.124. The summed E-state index contributed by atoms with van der Waals surface area (Å²) in [5.41, 5.74) is 0.591. The Balaban J connectivity index is 2.04. The molecule has 7 heteroatoms. The van der Waals surface area contributed by atoms with E-state index in [1.54, 1.807) is 31.2 Å². The van der Waals surface area contributed by atoms with E-state index in [9.17, 15) is 12.6 Å². The van der Waals surface area contributed by atoms with Crippen molar-refractivity contribution in [1.29, 1.82) is 0 Å². The monoisotopic (exact) mass is 457 g/mol. The van der Waals surface area contributed by atoms with E-state index in [0.29, 0.717) is 4.90 Å². The molecule has 0 aliphatic heterocycles. The van der Waals surface area contributed by atoms with E-state index >= 15 is 0 Å². The van der Waals surface area contributed by atoms with Gasteiger partial charge in [-0.2, -0.15) is 8.42 Å². The smallest absolute Gasteiger partial charge is 0.263 e. The Morgan fingerprint density at radius 3 is 1.77 bits per heavy atom. The summed E-state index contributed by atoms with van der Waals surface area (Å²) >= 11 is 0. The van der Waals surface area contributed by atoms with Crippen molar-refractivity contribution in [3.8, 4) is 0 Å². The topological polar surface area (TPSA) is 72.8 Å². The highest BCUT2D eigenvalue weighted by molar-refractivity contribution is 7.93. The van der Waals surface area contributed by atoms with Crippen LogP contribution in [0.2, 0.25) is 0 Å². The first-order valence-corrected chi connectivity index (χ1v) is 13.4. The second-order valence-electron chi connectivity index (χ2n) is 7.77. The minimum atomic E-state index is -3.79. The van der Waals surface area contributed by atoms with Gasteiger partial charge in [0.05, 0.1) is 28.3 Å². The van der Waals surface area contributed by atoms with Gasteiger partial charge in [0.1, 0.15) is 5.60 Å². The first-order chi connectivity index (χ1) is 14.7. The summed E-state index contributed by atoms with van der Waals surface area (Å²) in [7, 11) is -6.77. The van der Waals surface area contributed by atoms with E-state index in [-0.39, 0.29) is 18.7 Å². The molecule has 0 radical (unpaired) electrons. The van der Waals surface area contributed by atoms with Crippen molar-refractivity contribution < 1.29 is 16.8 Å². The molecule has 0 saturated carbocycles. The SMILES string of the molecule is CC(Cc1ccccc1)(C[S@@](=O)(=NCc1ccccc1)c1ccccc1)OS(C)(=O)=O. The van der Waals surface area contributed by atoms with Crippen molar-refractivity contribution in [2.75, 3.05) is 12.0 Å². The predicted octanol–water partition coefficient (Wildman–Crippen LogP) is 4.69. The molecular weight excluding hydrogens is 430 g/mol. The van der Waals surface area contributed by atoms with Gasteiger partial charge < -0.3 is 0 Å². The minimum Gasteiger partial charge on any atom is -0.263 e. The molecular formula is C24H27NO4S2. The van der Waals surface area contributed by atoms with Gasteiger partial charge in [0.15, 0.2) is 0 Å². The first-order valence-electron chi connectivity index (χ1n) is 9.92. The molecule has 164 valence electrons. The summed E-state index contributed by atoms with van der Waals surface area (Å²) in [4.78, 5) is 0.558. The number of rotatable bonds is 9. The average Bonchev–Trinajstić information content (AvgIpc) is 2.73. The van der Waals surface area contributed by atoms with Gasteiger partial charge in [0.25, 0.3) is 10.1 Å². The summed E-state index contributed by atoms with van der Waals surface area (Å²) in [5, 5.41) is 0. The molecule has 0 amide bonds. The lowest BCUT2D eigenvalue weighted by atomic mass is 9.99. The average molecular weight is 458 g/mol. The van der Waals surface area contributed by atoms with Crippen LogP contribution in [-0.4, -0.2) is 30.2 Å². The van der Waals surface area contributed by atoms with Gasteiger partial charge >= 0.3 is 0 Å². The lowest BCUT2D eigenvalue weighted by Crippen LogP contribution is -2.41. The number of benzene rings is 3. The van der Waals surface area contributed by atoms with Crippen molar-refractivity contribution in [1.82, 2.24) is 0 Å². The van der Waals surface area contributed by atoms with Crippen LogP contribution in [0.25, 0.3) is 0 Å². The Morgan fingerprint density at radius 2 is 1.26 bits per heavy atom. The molecule has 3 rings (SSSR count). The van der Waals surface area contributed by atoms with Gasteiger partial charge in [-0.1, -0.05) is 78.9 Å². The van der Waals surface area contributed by atoms with E-state index in [2.05, 4.69) is 4.36 Å². The molecule has 0 aliphatic rings. The van der Waals surface area contributed by atoms with Crippen molar-refractivity contribution in [3.63, 3.8) is 0 Å². The minimum absolute atomic E-state index is 0.0567. The quantitative estimate of drug-likeness (QED) is 0.437. The van der Waals surface area contributed by atoms with Gasteiger partial charge in [-0.15, -0.1) is 0 Å². The second-order valence-corrected chi connectivity index (χ2v) is 11.6. The second kappa shape index (κ2) is 9.77. The maximum absolute atomic E-state index is 14.2. The first kappa shape index (κ1) is 23.2. The maximum atomic E-state index is 14.2. The van der Waals surface area contributed by atoms with E-state index in [1.165, 1.54) is 0 Å². The number of hydrogen-bond donors (Lipinski definition) is 0. The zero-order chi connectivity index (χ0) is 22.4. The molecule has 0 spiro atoms. The fraction of sp³-hybridized carbons (Fsp3) is 0.250. The molecule has 3 aromatic rings. The zero-order valence-electron chi connectivity index (χ0n) is 17.7. The Hall–Kier alpha value is -2.48. The molecule has 3 aromatic carbocycles. The van der Waals surface area contributed by atoms with Crippen LogP contribution in [0, 0.1) is 0 Å². The van der Waals surface area contributed by atoms with E-state index in [4.69, 9.17) is 4.18 Å². The van der Waals surface area contributed by atoms with Crippen LogP contribution in [0.1, 0.15) is 18.1 Å². The van der Waals surface area contributed by atoms with E-state index in [0.717, 1.165) is 17.4 Å². The van der Waals surface area contributed by atoms with Gasteiger partial charge in [-0.25, -0.2) is 8.57 Å². The number of hydrogen-bond acceptors (Lipinski definition) is 5. The molecule has 0 saturated heterocycles. The van der Waals surface area contributed by atoms with Gasteiger partial charge in [0, 0.05) is 11.3 Å². The van der Waals surface area contributed by atoms with Crippen LogP contribution >= 0.6 is 0 Å². The third-order valence-electron chi connectivity index (χ3n) is 4.68. The Bertz CT molecular complexity index is 1200. The highest BCUT2D eigenvalue weighted by Crippen LogP contribution is 2.27. The lowest BCUT2D eigenvalue weighted by Gasteiger charge is -2.30. The van der Waals surface area contributed by atoms with Gasteiger partial charge in [-0.05, 0) is 30.2 Å². The van der Waals surface area contributed by atoms with Crippen LogP contribution in [-0.2, 0) is 37.0 Å². The van der Waals surface area contributed by atoms with Crippen molar-refractivity contribution >= 4 is 19.8 Å². The summed E-state index contributed by atoms with van der Waals surface area (Å²) in [6.45, 7) is 1.94. The molecule has 31 heavy (non-hydrogen) atoms. The highest BCUT2D eigenvalue weighted by Gasteiger charge is 2.35. The molecule has 5 nitrogen and oxygen atoms in total. The normalized spacial score (nSPS) is 15.5. The largest absolute Gasteiger partial charge is 0.264 e. The van der Waals surface area contributed by atoms with Crippen molar-refractivity contribution in [3.05, 3.63) is 102 Å². The third-order valence-corrected chi connectivity index (χ3v) is 7.95.